The molecule has 3 rings (SSSR count). The van der Waals surface area contributed by atoms with E-state index in [0.717, 1.165) is 16.9 Å². The van der Waals surface area contributed by atoms with E-state index in [2.05, 4.69) is 15.5 Å². The van der Waals surface area contributed by atoms with Gasteiger partial charge in [0.25, 0.3) is 5.91 Å². The van der Waals surface area contributed by atoms with Crippen molar-refractivity contribution in [2.45, 2.75) is 24.8 Å². The zero-order valence-electron chi connectivity index (χ0n) is 18.5. The van der Waals surface area contributed by atoms with E-state index in [9.17, 15) is 18.5 Å². The normalized spacial score (nSPS) is 11.5. The molecule has 1 amide bonds. The molecule has 0 atom stereocenters. The molecule has 1 aromatic heterocycles. The van der Waals surface area contributed by atoms with Crippen LogP contribution in [-0.4, -0.2) is 36.9 Å². The van der Waals surface area contributed by atoms with E-state index in [1.54, 1.807) is 18.2 Å². The van der Waals surface area contributed by atoms with Crippen LogP contribution in [0.25, 0.3) is 6.08 Å². The van der Waals surface area contributed by atoms with Gasteiger partial charge in [-0.2, -0.15) is 5.26 Å². The molecule has 0 spiro atoms. The van der Waals surface area contributed by atoms with Gasteiger partial charge in [-0.25, -0.2) is 8.42 Å². The zero-order chi connectivity index (χ0) is 24.6. The highest BCUT2D eigenvalue weighted by Gasteiger charge is 2.20. The molecule has 2 aromatic carbocycles. The number of hydrogen-bond acceptors (Lipinski definition) is 9. The van der Waals surface area contributed by atoms with E-state index in [0.29, 0.717) is 30.3 Å². The predicted molar refractivity (Wildman–Crippen MR) is 128 cm³/mol. The van der Waals surface area contributed by atoms with Crippen molar-refractivity contribution in [2.24, 2.45) is 0 Å². The maximum atomic E-state index is 12.5. The lowest BCUT2D eigenvalue weighted by molar-refractivity contribution is -0.112. The van der Waals surface area contributed by atoms with E-state index in [1.807, 2.05) is 43.3 Å². The first-order chi connectivity index (χ1) is 16.4. The minimum atomic E-state index is -3.54. The molecule has 176 valence electrons. The molecule has 0 bridgehead atoms. The smallest absolute Gasteiger partial charge is 0.268 e. The fraction of sp³-hybridized carbons (Fsp3) is 0.217. The number of anilines is 1. The Labute approximate surface area is 201 Å². The largest absolute Gasteiger partial charge is 0.490 e. The summed E-state index contributed by atoms with van der Waals surface area (Å²) in [5.74, 6) is 0.140. The Balaban J connectivity index is 1.77. The Hall–Kier alpha value is -3.75. The molecule has 0 radical (unpaired) electrons. The standard InChI is InChI=1S/C23H22N4O5S2/c1-3-31-20-13-17(10-11-19(20)32-15-16-8-6-5-7-9-16)12-18(14-24)21(28)25-22-26-27-23(33-22)34(29,30)4-2/h5-13H,3-4,15H2,1-2H3,(H,25,26,28). The molecule has 0 saturated carbocycles. The Bertz CT molecular complexity index is 1330. The van der Waals surface area contributed by atoms with Crippen molar-refractivity contribution in [3.8, 4) is 17.6 Å². The minimum Gasteiger partial charge on any atom is -0.490 e. The van der Waals surface area contributed by atoms with Crippen LogP contribution in [0.5, 0.6) is 11.5 Å². The fourth-order valence-corrected chi connectivity index (χ4v) is 4.71. The third-order valence-electron chi connectivity index (χ3n) is 4.45. The number of benzene rings is 2. The molecule has 0 unspecified atom stereocenters. The van der Waals surface area contributed by atoms with Gasteiger partial charge in [-0.1, -0.05) is 54.7 Å². The van der Waals surface area contributed by atoms with Gasteiger partial charge < -0.3 is 9.47 Å². The summed E-state index contributed by atoms with van der Waals surface area (Å²) >= 11 is 0.726. The maximum Gasteiger partial charge on any atom is 0.268 e. The molecule has 11 heteroatoms. The monoisotopic (exact) mass is 498 g/mol. The number of amides is 1. The second kappa shape index (κ2) is 11.4. The molecule has 9 nitrogen and oxygen atoms in total. The van der Waals surface area contributed by atoms with Crippen molar-refractivity contribution < 1.29 is 22.7 Å². The van der Waals surface area contributed by atoms with Gasteiger partial charge >= 0.3 is 0 Å². The predicted octanol–water partition coefficient (Wildman–Crippen LogP) is 3.86. The van der Waals surface area contributed by atoms with Crippen LogP contribution in [0.3, 0.4) is 0 Å². The molecule has 1 N–H and O–H groups in total. The highest BCUT2D eigenvalue weighted by atomic mass is 32.2. The SMILES string of the molecule is CCOc1cc(C=C(C#N)C(=O)Nc2nnc(S(=O)(=O)CC)s2)ccc1OCc1ccccc1. The Kier molecular flexibility index (Phi) is 8.34. The number of hydrogen-bond donors (Lipinski definition) is 1. The first-order valence-corrected chi connectivity index (χ1v) is 12.8. The van der Waals surface area contributed by atoms with Crippen molar-refractivity contribution in [2.75, 3.05) is 17.7 Å². The van der Waals surface area contributed by atoms with Crippen LogP contribution >= 0.6 is 11.3 Å². The average Bonchev–Trinajstić information content (AvgIpc) is 3.32. The number of nitriles is 1. The van der Waals surface area contributed by atoms with Crippen LogP contribution in [0.4, 0.5) is 5.13 Å². The van der Waals surface area contributed by atoms with E-state index < -0.39 is 15.7 Å². The van der Waals surface area contributed by atoms with Crippen LogP contribution < -0.4 is 14.8 Å². The van der Waals surface area contributed by atoms with Gasteiger partial charge in [0.1, 0.15) is 18.2 Å². The van der Waals surface area contributed by atoms with Crippen molar-refractivity contribution in [1.82, 2.24) is 10.2 Å². The van der Waals surface area contributed by atoms with E-state index in [4.69, 9.17) is 9.47 Å². The quantitative estimate of drug-likeness (QED) is 0.253. The van der Waals surface area contributed by atoms with Crippen LogP contribution in [0.15, 0.2) is 58.4 Å². The number of nitrogens with zero attached hydrogens (tertiary/aromatic N) is 3. The summed E-state index contributed by atoms with van der Waals surface area (Å²) in [6.45, 7) is 4.09. The van der Waals surface area contributed by atoms with Crippen molar-refractivity contribution in [3.05, 3.63) is 65.2 Å². The first-order valence-electron chi connectivity index (χ1n) is 10.3. The average molecular weight is 499 g/mol. The van der Waals surface area contributed by atoms with Crippen LogP contribution in [0.1, 0.15) is 25.0 Å². The summed E-state index contributed by atoms with van der Waals surface area (Å²) in [5, 5.41) is 19.1. The van der Waals surface area contributed by atoms with Gasteiger partial charge in [0, 0.05) is 0 Å². The Morgan fingerprint density at radius 1 is 1.12 bits per heavy atom. The molecule has 0 aliphatic heterocycles. The lowest BCUT2D eigenvalue weighted by Gasteiger charge is -2.13. The van der Waals surface area contributed by atoms with Crippen molar-refractivity contribution in [1.29, 1.82) is 5.26 Å². The lowest BCUT2D eigenvalue weighted by atomic mass is 10.1. The van der Waals surface area contributed by atoms with Gasteiger partial charge in [-0.15, -0.1) is 10.2 Å². The maximum absolute atomic E-state index is 12.5. The summed E-state index contributed by atoms with van der Waals surface area (Å²) in [5.41, 5.74) is 1.35. The Morgan fingerprint density at radius 3 is 2.56 bits per heavy atom. The summed E-state index contributed by atoms with van der Waals surface area (Å²) in [4.78, 5) is 12.5. The van der Waals surface area contributed by atoms with Crippen molar-refractivity contribution >= 4 is 38.3 Å². The summed E-state index contributed by atoms with van der Waals surface area (Å²) in [7, 11) is -3.54. The molecule has 0 aliphatic carbocycles. The lowest BCUT2D eigenvalue weighted by Crippen LogP contribution is -2.13. The molecule has 1 heterocycles. The molecule has 34 heavy (non-hydrogen) atoms. The number of carbonyl (C=O) groups excluding carboxylic acids is 1. The first kappa shape index (κ1) is 24.9. The highest BCUT2D eigenvalue weighted by Crippen LogP contribution is 2.30. The van der Waals surface area contributed by atoms with Gasteiger partial charge in [0.2, 0.25) is 19.3 Å². The second-order valence-electron chi connectivity index (χ2n) is 6.81. The zero-order valence-corrected chi connectivity index (χ0v) is 20.1. The summed E-state index contributed by atoms with van der Waals surface area (Å²) in [6.07, 6.45) is 1.39. The van der Waals surface area contributed by atoms with Crippen molar-refractivity contribution in [3.63, 3.8) is 0 Å². The number of nitrogens with one attached hydrogen (secondary N) is 1. The summed E-state index contributed by atoms with van der Waals surface area (Å²) < 4.78 is 35.1. The van der Waals surface area contributed by atoms with Gasteiger partial charge in [0.05, 0.1) is 12.4 Å². The molecular weight excluding hydrogens is 476 g/mol. The number of aromatic nitrogens is 2. The topological polar surface area (TPSA) is 131 Å². The van der Waals surface area contributed by atoms with E-state index >= 15 is 0 Å². The number of sulfone groups is 1. The van der Waals surface area contributed by atoms with Gasteiger partial charge in [-0.3, -0.25) is 10.1 Å². The third-order valence-corrected chi connectivity index (χ3v) is 7.47. The Morgan fingerprint density at radius 2 is 1.88 bits per heavy atom. The molecular formula is C23H22N4O5S2. The third kappa shape index (κ3) is 6.40. The van der Waals surface area contributed by atoms with E-state index in [1.165, 1.54) is 13.0 Å². The number of rotatable bonds is 10. The number of ether oxygens (including phenoxy) is 2. The molecule has 3 aromatic rings. The molecule has 0 saturated heterocycles. The highest BCUT2D eigenvalue weighted by molar-refractivity contribution is 7.93. The van der Waals surface area contributed by atoms with Crippen LogP contribution in [0.2, 0.25) is 0 Å². The fourth-order valence-electron chi connectivity index (χ4n) is 2.73. The summed E-state index contributed by atoms with van der Waals surface area (Å²) in [6, 6.07) is 16.6. The second-order valence-corrected chi connectivity index (χ2v) is 10.2. The van der Waals surface area contributed by atoms with Crippen LogP contribution in [0, 0.1) is 11.3 Å². The number of carbonyl (C=O) groups is 1. The van der Waals surface area contributed by atoms with Crippen LogP contribution in [-0.2, 0) is 21.2 Å². The molecule has 0 fully saturated rings. The van der Waals surface area contributed by atoms with E-state index in [-0.39, 0.29) is 20.8 Å². The van der Waals surface area contributed by atoms with Gasteiger partial charge in [-0.05, 0) is 36.3 Å². The minimum absolute atomic E-state index is 0.0159. The van der Waals surface area contributed by atoms with Gasteiger partial charge in [0.15, 0.2) is 11.5 Å². The molecule has 0 aliphatic rings.